The molecule has 2 atom stereocenters. The van der Waals surface area contributed by atoms with Crippen molar-refractivity contribution < 1.29 is 15.1 Å². The van der Waals surface area contributed by atoms with Gasteiger partial charge in [0, 0.05) is 6.54 Å². The van der Waals surface area contributed by atoms with Crippen LogP contribution < -0.4 is 16.5 Å². The molecule has 0 radical (unpaired) electrons. The van der Waals surface area contributed by atoms with Gasteiger partial charge in [-0.25, -0.2) is 10.3 Å². The Balaban J connectivity index is -0.000000605. The van der Waals surface area contributed by atoms with Gasteiger partial charge < -0.3 is 16.2 Å². The van der Waals surface area contributed by atoms with E-state index in [9.17, 15) is 9.90 Å². The first-order valence-electron chi connectivity index (χ1n) is 3.74. The van der Waals surface area contributed by atoms with Crippen LogP contribution in [0.3, 0.4) is 0 Å². The normalized spacial score (nSPS) is 12.9. The van der Waals surface area contributed by atoms with E-state index in [-0.39, 0.29) is 31.4 Å². The van der Waals surface area contributed by atoms with Crippen LogP contribution in [0.4, 0.5) is 4.79 Å². The summed E-state index contributed by atoms with van der Waals surface area (Å²) in [7, 11) is 0. The van der Waals surface area contributed by atoms with E-state index in [1.165, 1.54) is 5.48 Å². The van der Waals surface area contributed by atoms with Crippen LogP contribution in [0.15, 0.2) is 0 Å². The van der Waals surface area contributed by atoms with Crippen LogP contribution in [0.1, 0.15) is 13.3 Å². The van der Waals surface area contributed by atoms with Gasteiger partial charge in [0.2, 0.25) is 0 Å². The van der Waals surface area contributed by atoms with Gasteiger partial charge in [-0.2, -0.15) is 0 Å². The Kier molecular flexibility index (Phi) is 14.9. The smallest absolute Gasteiger partial charge is 0.338 e. The van der Waals surface area contributed by atoms with E-state index in [0.29, 0.717) is 6.42 Å². The summed E-state index contributed by atoms with van der Waals surface area (Å²) in [5.41, 5.74) is 6.59. The highest BCUT2D eigenvalue weighted by Gasteiger charge is 2.17. The summed E-state index contributed by atoms with van der Waals surface area (Å²) in [6.45, 7) is 1.87. The molecule has 0 aromatic carbocycles. The van der Waals surface area contributed by atoms with Crippen LogP contribution in [-0.4, -0.2) is 35.0 Å². The highest BCUT2D eigenvalue weighted by molar-refractivity contribution is 5.85. The third-order valence-electron chi connectivity index (χ3n) is 1.56. The SMILES string of the molecule is CCC(NC(=O)NO)C(O)CN.Cl.Cl. The molecule has 0 saturated carbocycles. The molecule has 88 valence electrons. The number of halogens is 2. The standard InChI is InChI=1S/C6H15N3O3.2ClH/c1-2-4(5(10)3-7)8-6(11)9-12;;/h4-5,10,12H,2-3,7H2,1H3,(H2,8,9,11);2*1H. The summed E-state index contributed by atoms with van der Waals surface area (Å²) in [5, 5.41) is 19.7. The van der Waals surface area contributed by atoms with Gasteiger partial charge in [0.05, 0.1) is 12.1 Å². The number of urea groups is 1. The van der Waals surface area contributed by atoms with Gasteiger partial charge in [-0.05, 0) is 6.42 Å². The first-order valence-corrected chi connectivity index (χ1v) is 3.74. The number of hydrogen-bond acceptors (Lipinski definition) is 4. The first kappa shape index (κ1) is 19.3. The largest absolute Gasteiger partial charge is 0.390 e. The second-order valence-electron chi connectivity index (χ2n) is 2.40. The van der Waals surface area contributed by atoms with Crippen molar-refractivity contribution in [3.8, 4) is 0 Å². The van der Waals surface area contributed by atoms with Crippen molar-refractivity contribution >= 4 is 30.8 Å². The minimum absolute atomic E-state index is 0. The second kappa shape index (κ2) is 10.8. The van der Waals surface area contributed by atoms with Gasteiger partial charge in [-0.15, -0.1) is 24.8 Å². The number of amides is 2. The Labute approximate surface area is 95.0 Å². The Bertz CT molecular complexity index is 150. The minimum Gasteiger partial charge on any atom is -0.390 e. The fourth-order valence-electron chi connectivity index (χ4n) is 0.835. The zero-order chi connectivity index (χ0) is 9.56. The maximum absolute atomic E-state index is 10.6. The van der Waals surface area contributed by atoms with Crippen LogP contribution in [0.25, 0.3) is 0 Å². The summed E-state index contributed by atoms with van der Waals surface area (Å²) in [5.74, 6) is 0. The molecule has 0 heterocycles. The van der Waals surface area contributed by atoms with Gasteiger partial charge in [0.15, 0.2) is 0 Å². The van der Waals surface area contributed by atoms with Crippen molar-refractivity contribution in [3.05, 3.63) is 0 Å². The molecule has 8 heteroatoms. The predicted octanol–water partition coefficient (Wildman–Crippen LogP) is -0.383. The maximum Gasteiger partial charge on any atom is 0.338 e. The number of carbonyl (C=O) groups excluding carboxylic acids is 1. The van der Waals surface area contributed by atoms with E-state index in [1.54, 1.807) is 6.92 Å². The fraction of sp³-hybridized carbons (Fsp3) is 0.833. The number of nitrogens with two attached hydrogens (primary N) is 1. The number of rotatable bonds is 4. The summed E-state index contributed by atoms with van der Waals surface area (Å²) >= 11 is 0. The van der Waals surface area contributed by atoms with Crippen LogP contribution in [0, 0.1) is 0 Å². The number of hydrogen-bond donors (Lipinski definition) is 5. The lowest BCUT2D eigenvalue weighted by atomic mass is 10.1. The van der Waals surface area contributed by atoms with Gasteiger partial charge in [0.1, 0.15) is 0 Å². The average molecular weight is 250 g/mol. The van der Waals surface area contributed by atoms with Crippen molar-refractivity contribution in [2.24, 2.45) is 5.73 Å². The molecule has 0 spiro atoms. The lowest BCUT2D eigenvalue weighted by Crippen LogP contribution is -2.48. The molecule has 0 aromatic heterocycles. The summed E-state index contributed by atoms with van der Waals surface area (Å²) in [6, 6.07) is -1.17. The lowest BCUT2D eigenvalue weighted by molar-refractivity contribution is 0.120. The van der Waals surface area contributed by atoms with E-state index in [4.69, 9.17) is 10.9 Å². The highest BCUT2D eigenvalue weighted by Crippen LogP contribution is 1.96. The van der Waals surface area contributed by atoms with Gasteiger partial charge in [-0.1, -0.05) is 6.92 Å². The second-order valence-corrected chi connectivity index (χ2v) is 2.40. The summed E-state index contributed by atoms with van der Waals surface area (Å²) in [4.78, 5) is 10.6. The van der Waals surface area contributed by atoms with Crippen LogP contribution >= 0.6 is 24.8 Å². The Morgan fingerprint density at radius 2 is 2.00 bits per heavy atom. The molecule has 2 amide bonds. The number of aliphatic hydroxyl groups is 1. The third-order valence-corrected chi connectivity index (χ3v) is 1.56. The maximum atomic E-state index is 10.6. The molecule has 0 fully saturated rings. The first-order chi connectivity index (χ1) is 5.65. The molecule has 6 nitrogen and oxygen atoms in total. The molecule has 14 heavy (non-hydrogen) atoms. The fourth-order valence-corrected chi connectivity index (χ4v) is 0.835. The highest BCUT2D eigenvalue weighted by atomic mass is 35.5. The average Bonchev–Trinajstić information content (AvgIpc) is 2.12. The zero-order valence-corrected chi connectivity index (χ0v) is 9.40. The summed E-state index contributed by atoms with van der Waals surface area (Å²) < 4.78 is 0. The van der Waals surface area contributed by atoms with E-state index in [1.807, 2.05) is 0 Å². The van der Waals surface area contributed by atoms with Crippen molar-refractivity contribution in [2.75, 3.05) is 6.54 Å². The molecule has 2 unspecified atom stereocenters. The topological polar surface area (TPSA) is 108 Å². The Morgan fingerprint density at radius 3 is 2.29 bits per heavy atom. The summed E-state index contributed by atoms with van der Waals surface area (Å²) in [6.07, 6.45) is -0.238. The zero-order valence-electron chi connectivity index (χ0n) is 7.77. The Hall–Kier alpha value is -0.270. The molecule has 6 N–H and O–H groups in total. The van der Waals surface area contributed by atoms with Gasteiger partial charge >= 0.3 is 6.03 Å². The van der Waals surface area contributed by atoms with E-state index in [2.05, 4.69) is 5.32 Å². The van der Waals surface area contributed by atoms with Crippen molar-refractivity contribution in [3.63, 3.8) is 0 Å². The number of hydroxylamine groups is 1. The molecule has 0 aliphatic rings. The molecular weight excluding hydrogens is 233 g/mol. The minimum atomic E-state index is -0.785. The van der Waals surface area contributed by atoms with E-state index < -0.39 is 18.2 Å². The molecule has 0 aromatic rings. The molecule has 0 aliphatic heterocycles. The molecule has 0 rings (SSSR count). The third kappa shape index (κ3) is 7.16. The van der Waals surface area contributed by atoms with E-state index >= 15 is 0 Å². The predicted molar refractivity (Wildman–Crippen MR) is 57.1 cm³/mol. The van der Waals surface area contributed by atoms with Crippen LogP contribution in [-0.2, 0) is 0 Å². The van der Waals surface area contributed by atoms with Crippen LogP contribution in [0.5, 0.6) is 0 Å². The van der Waals surface area contributed by atoms with Crippen LogP contribution in [0.2, 0.25) is 0 Å². The molecule has 0 saturated heterocycles. The number of nitrogens with one attached hydrogen (secondary N) is 2. The van der Waals surface area contributed by atoms with Crippen molar-refractivity contribution in [2.45, 2.75) is 25.5 Å². The molecular formula is C6H17Cl2N3O3. The van der Waals surface area contributed by atoms with E-state index in [0.717, 1.165) is 0 Å². The van der Waals surface area contributed by atoms with Crippen molar-refractivity contribution in [1.29, 1.82) is 0 Å². The quantitative estimate of drug-likeness (QED) is 0.346. The lowest BCUT2D eigenvalue weighted by Gasteiger charge is -2.20. The number of carbonyl (C=O) groups is 1. The van der Waals surface area contributed by atoms with Crippen molar-refractivity contribution in [1.82, 2.24) is 10.8 Å². The Morgan fingerprint density at radius 1 is 1.50 bits per heavy atom. The van der Waals surface area contributed by atoms with Gasteiger partial charge in [0.25, 0.3) is 0 Å². The monoisotopic (exact) mass is 249 g/mol. The molecule has 0 bridgehead atoms. The molecule has 0 aliphatic carbocycles. The number of aliphatic hydroxyl groups excluding tert-OH is 1. The van der Waals surface area contributed by atoms with Gasteiger partial charge in [-0.3, -0.25) is 5.21 Å².